The lowest BCUT2D eigenvalue weighted by Gasteiger charge is -2.08. The number of aromatic nitrogens is 2. The Hall–Kier alpha value is -5.27. The Morgan fingerprint density at radius 3 is 2.22 bits per heavy atom. The lowest BCUT2D eigenvalue weighted by atomic mass is 9.95. The van der Waals surface area contributed by atoms with Gasteiger partial charge >= 0.3 is 0 Å². The summed E-state index contributed by atoms with van der Waals surface area (Å²) in [6.45, 7) is 0. The molecule has 3 aromatic heterocycles. The first kappa shape index (κ1) is 21.0. The number of hydrogen-bond donors (Lipinski definition) is 0. The van der Waals surface area contributed by atoms with Crippen molar-refractivity contribution in [3.8, 4) is 39.7 Å². The van der Waals surface area contributed by atoms with E-state index in [4.69, 9.17) is 9.40 Å². The number of benzene rings is 4. The molecule has 4 nitrogen and oxygen atoms in total. The van der Waals surface area contributed by atoms with E-state index < -0.39 is 0 Å². The molecule has 0 bridgehead atoms. The smallest absolute Gasteiger partial charge is 0.136 e. The molecule has 0 aliphatic rings. The maximum Gasteiger partial charge on any atom is 0.136 e. The monoisotopic (exact) mass is 473 g/mol. The molecule has 4 aromatic carbocycles. The molecule has 3 heterocycles. The average Bonchev–Trinajstić information content (AvgIpc) is 3.35. The van der Waals surface area contributed by atoms with Crippen LogP contribution in [0.25, 0.3) is 66.4 Å². The van der Waals surface area contributed by atoms with Gasteiger partial charge in [-0.2, -0.15) is 5.26 Å². The fraction of sp³-hybridized carbons (Fsp3) is 0. The fourth-order valence-electron chi connectivity index (χ4n) is 5.05. The fourth-order valence-corrected chi connectivity index (χ4v) is 5.05. The van der Waals surface area contributed by atoms with Crippen molar-refractivity contribution in [2.45, 2.75) is 0 Å². The van der Waals surface area contributed by atoms with Gasteiger partial charge in [0, 0.05) is 34.3 Å². The van der Waals surface area contributed by atoms with Crippen molar-refractivity contribution in [1.29, 1.82) is 5.26 Å². The molecule has 0 aliphatic carbocycles. The van der Waals surface area contributed by atoms with Crippen LogP contribution in [0, 0.1) is 11.3 Å². The molecule has 4 heteroatoms. The zero-order valence-electron chi connectivity index (χ0n) is 19.7. The molecule has 37 heavy (non-hydrogen) atoms. The van der Waals surface area contributed by atoms with Crippen molar-refractivity contribution in [2.24, 2.45) is 0 Å². The predicted molar refractivity (Wildman–Crippen MR) is 148 cm³/mol. The van der Waals surface area contributed by atoms with Crippen molar-refractivity contribution < 1.29 is 4.42 Å². The van der Waals surface area contributed by atoms with Gasteiger partial charge in [-0.05, 0) is 58.3 Å². The standard InChI is InChI=1S/C33H19N3O/c34-18-21-15-24(20-35-19-21)30-12-6-11-29(36-30)23-13-14-27-31(16-23)37-32-17-28(22-7-2-1-3-8-22)25-9-4-5-10-26(25)33(27)32/h1-17,19-20H. The second kappa shape index (κ2) is 8.44. The summed E-state index contributed by atoms with van der Waals surface area (Å²) in [5.74, 6) is 0. The molecule has 0 fully saturated rings. The van der Waals surface area contributed by atoms with Gasteiger partial charge in [0.05, 0.1) is 17.0 Å². The van der Waals surface area contributed by atoms with Crippen LogP contribution in [-0.4, -0.2) is 9.97 Å². The SMILES string of the molecule is N#Cc1cncc(-c2cccc(-c3ccc4c(c3)oc3cc(-c5ccccc5)c5ccccc5c34)n2)c1. The van der Waals surface area contributed by atoms with Crippen LogP contribution in [0.15, 0.2) is 120 Å². The van der Waals surface area contributed by atoms with Crippen LogP contribution in [0.2, 0.25) is 0 Å². The summed E-state index contributed by atoms with van der Waals surface area (Å²) < 4.78 is 6.46. The summed E-state index contributed by atoms with van der Waals surface area (Å²) in [7, 11) is 0. The highest BCUT2D eigenvalue weighted by Gasteiger charge is 2.16. The van der Waals surface area contributed by atoms with Crippen LogP contribution >= 0.6 is 0 Å². The second-order valence-electron chi connectivity index (χ2n) is 9.00. The molecule has 0 atom stereocenters. The Morgan fingerprint density at radius 1 is 0.595 bits per heavy atom. The van der Waals surface area contributed by atoms with Gasteiger partial charge in [0.25, 0.3) is 0 Å². The van der Waals surface area contributed by atoms with E-state index in [1.54, 1.807) is 18.5 Å². The van der Waals surface area contributed by atoms with Gasteiger partial charge < -0.3 is 4.42 Å². The largest absolute Gasteiger partial charge is 0.456 e. The maximum absolute atomic E-state index is 9.23. The van der Waals surface area contributed by atoms with Gasteiger partial charge in [-0.3, -0.25) is 4.98 Å². The minimum Gasteiger partial charge on any atom is -0.456 e. The Kier molecular flexibility index (Phi) is 4.80. The highest BCUT2D eigenvalue weighted by molar-refractivity contribution is 6.22. The van der Waals surface area contributed by atoms with Crippen molar-refractivity contribution in [3.05, 3.63) is 121 Å². The number of hydrogen-bond acceptors (Lipinski definition) is 4. The Morgan fingerprint density at radius 2 is 1.38 bits per heavy atom. The summed E-state index contributed by atoms with van der Waals surface area (Å²) in [6.07, 6.45) is 3.28. The van der Waals surface area contributed by atoms with Crippen molar-refractivity contribution in [2.75, 3.05) is 0 Å². The third kappa shape index (κ3) is 3.53. The quantitative estimate of drug-likeness (QED) is 0.258. The summed E-state index contributed by atoms with van der Waals surface area (Å²) in [5.41, 5.74) is 7.89. The van der Waals surface area contributed by atoms with E-state index in [9.17, 15) is 5.26 Å². The van der Waals surface area contributed by atoms with Crippen molar-refractivity contribution >= 4 is 32.7 Å². The maximum atomic E-state index is 9.23. The Labute approximate surface area is 213 Å². The number of fused-ring (bicyclic) bond motifs is 5. The second-order valence-corrected chi connectivity index (χ2v) is 9.00. The van der Waals surface area contributed by atoms with Gasteiger partial charge in [-0.15, -0.1) is 0 Å². The van der Waals surface area contributed by atoms with E-state index in [0.29, 0.717) is 5.56 Å². The summed E-state index contributed by atoms with van der Waals surface area (Å²) in [4.78, 5) is 9.04. The van der Waals surface area contributed by atoms with E-state index in [1.165, 1.54) is 10.8 Å². The number of nitrogens with zero attached hydrogens (tertiary/aromatic N) is 3. The minimum absolute atomic E-state index is 0.510. The molecule has 7 rings (SSSR count). The van der Waals surface area contributed by atoms with Crippen LogP contribution in [0.3, 0.4) is 0 Å². The third-order valence-electron chi connectivity index (χ3n) is 6.77. The molecule has 172 valence electrons. The van der Waals surface area contributed by atoms with E-state index in [0.717, 1.165) is 55.6 Å². The van der Waals surface area contributed by atoms with Crippen LogP contribution in [-0.2, 0) is 0 Å². The van der Waals surface area contributed by atoms with Gasteiger partial charge in [0.2, 0.25) is 0 Å². The Bertz CT molecular complexity index is 2000. The van der Waals surface area contributed by atoms with Crippen LogP contribution in [0.1, 0.15) is 5.56 Å². The van der Waals surface area contributed by atoms with Gasteiger partial charge in [0.1, 0.15) is 17.2 Å². The number of furan rings is 1. The number of rotatable bonds is 3. The molecule has 0 saturated heterocycles. The highest BCUT2D eigenvalue weighted by Crippen LogP contribution is 2.40. The van der Waals surface area contributed by atoms with Crippen molar-refractivity contribution in [3.63, 3.8) is 0 Å². The molecule has 0 amide bonds. The molecular formula is C33H19N3O. The molecule has 7 aromatic rings. The molecule has 0 unspecified atom stereocenters. The normalized spacial score (nSPS) is 11.2. The van der Waals surface area contributed by atoms with Crippen molar-refractivity contribution in [1.82, 2.24) is 9.97 Å². The minimum atomic E-state index is 0.510. The van der Waals surface area contributed by atoms with Crippen LogP contribution in [0.5, 0.6) is 0 Å². The van der Waals surface area contributed by atoms with E-state index in [1.807, 2.05) is 24.3 Å². The first-order valence-electron chi connectivity index (χ1n) is 12.0. The molecular weight excluding hydrogens is 454 g/mol. The molecule has 0 radical (unpaired) electrons. The zero-order valence-corrected chi connectivity index (χ0v) is 19.7. The first-order chi connectivity index (χ1) is 18.3. The molecule has 0 saturated carbocycles. The number of nitriles is 1. The number of pyridine rings is 2. The lowest BCUT2D eigenvalue weighted by Crippen LogP contribution is -1.89. The lowest BCUT2D eigenvalue weighted by molar-refractivity contribution is 0.669. The van der Waals surface area contributed by atoms with Gasteiger partial charge in [-0.25, -0.2) is 4.98 Å². The summed E-state index contributed by atoms with van der Waals surface area (Å²) >= 11 is 0. The molecule has 0 N–H and O–H groups in total. The van der Waals surface area contributed by atoms with Gasteiger partial charge in [0.15, 0.2) is 0 Å². The zero-order chi connectivity index (χ0) is 24.8. The van der Waals surface area contributed by atoms with Gasteiger partial charge in [-0.1, -0.05) is 66.7 Å². The highest BCUT2D eigenvalue weighted by atomic mass is 16.3. The van der Waals surface area contributed by atoms with E-state index in [2.05, 4.69) is 83.8 Å². The predicted octanol–water partition coefficient (Wildman–Crippen LogP) is 8.40. The average molecular weight is 474 g/mol. The first-order valence-corrected chi connectivity index (χ1v) is 12.0. The Balaban J connectivity index is 1.40. The summed E-state index contributed by atoms with van der Waals surface area (Å²) in [6, 6.07) is 37.2. The third-order valence-corrected chi connectivity index (χ3v) is 6.77. The van der Waals surface area contributed by atoms with E-state index in [-0.39, 0.29) is 0 Å². The molecule has 0 spiro atoms. The van der Waals surface area contributed by atoms with Crippen LogP contribution < -0.4 is 0 Å². The van der Waals surface area contributed by atoms with E-state index >= 15 is 0 Å². The molecule has 0 aliphatic heterocycles. The van der Waals surface area contributed by atoms with Crippen LogP contribution in [0.4, 0.5) is 0 Å². The topological polar surface area (TPSA) is 62.7 Å². The summed E-state index contributed by atoms with van der Waals surface area (Å²) in [5, 5.41) is 13.8.